The monoisotopic (exact) mass is 241 g/mol. The molecule has 0 aliphatic rings. The minimum absolute atomic E-state index is 0.205. The zero-order valence-electron chi connectivity index (χ0n) is 9.72. The van der Waals surface area contributed by atoms with E-state index in [0.29, 0.717) is 6.42 Å². The van der Waals surface area contributed by atoms with Gasteiger partial charge in [-0.25, -0.2) is 0 Å². The van der Waals surface area contributed by atoms with Crippen molar-refractivity contribution < 1.29 is 14.6 Å². The first-order valence-electron chi connectivity index (χ1n) is 5.51. The van der Waals surface area contributed by atoms with E-state index in [9.17, 15) is 14.6 Å². The lowest BCUT2D eigenvalue weighted by Gasteiger charge is -2.38. The maximum absolute atomic E-state index is 12.1. The molecule has 0 aromatic heterocycles. The lowest BCUT2D eigenvalue weighted by molar-refractivity contribution is -0.186. The standard InChI is InChI=1S/C12H19O3P/c1-3-4-10-12(2,13)16(14,15)11-8-6-5-7-9-11/h5-9,13H,3-4,10H2,1-2H3,(H,14,15)/p-1. The highest BCUT2D eigenvalue weighted by atomic mass is 31.2. The largest absolute Gasteiger partial charge is 0.794 e. The molecule has 3 nitrogen and oxygen atoms in total. The van der Waals surface area contributed by atoms with Gasteiger partial charge in [0.2, 0.25) is 0 Å². The van der Waals surface area contributed by atoms with E-state index in [4.69, 9.17) is 0 Å². The van der Waals surface area contributed by atoms with Crippen molar-refractivity contribution in [1.29, 1.82) is 0 Å². The lowest BCUT2D eigenvalue weighted by atomic mass is 10.2. The summed E-state index contributed by atoms with van der Waals surface area (Å²) in [7, 11) is -3.97. The Hall–Kier alpha value is -0.630. The van der Waals surface area contributed by atoms with Crippen molar-refractivity contribution in [2.24, 2.45) is 0 Å². The number of hydrogen-bond donors (Lipinski definition) is 1. The van der Waals surface area contributed by atoms with Crippen LogP contribution < -0.4 is 10.2 Å². The third-order valence-corrected chi connectivity index (χ3v) is 5.20. The van der Waals surface area contributed by atoms with Gasteiger partial charge in [-0.05, 0) is 13.3 Å². The minimum atomic E-state index is -3.97. The highest BCUT2D eigenvalue weighted by molar-refractivity contribution is 7.66. The molecule has 0 amide bonds. The molecular weight excluding hydrogens is 223 g/mol. The van der Waals surface area contributed by atoms with Crippen molar-refractivity contribution in [2.75, 3.05) is 0 Å². The zero-order valence-corrected chi connectivity index (χ0v) is 10.6. The van der Waals surface area contributed by atoms with Gasteiger partial charge in [0.1, 0.15) is 5.34 Å². The number of unbranched alkanes of at least 4 members (excludes halogenated alkanes) is 1. The van der Waals surface area contributed by atoms with Crippen LogP contribution in [0.15, 0.2) is 30.3 Å². The van der Waals surface area contributed by atoms with Crippen molar-refractivity contribution in [3.8, 4) is 0 Å². The molecule has 1 aromatic carbocycles. The summed E-state index contributed by atoms with van der Waals surface area (Å²) in [5.41, 5.74) is 0. The molecule has 0 fully saturated rings. The fourth-order valence-corrected chi connectivity index (χ4v) is 3.13. The average Bonchev–Trinajstić information content (AvgIpc) is 2.27. The summed E-state index contributed by atoms with van der Waals surface area (Å²) in [5.74, 6) is 0. The van der Waals surface area contributed by atoms with Crippen molar-refractivity contribution in [3.05, 3.63) is 30.3 Å². The summed E-state index contributed by atoms with van der Waals surface area (Å²) in [5, 5.41) is 8.61. The number of rotatable bonds is 5. The highest BCUT2D eigenvalue weighted by Crippen LogP contribution is 2.50. The summed E-state index contributed by atoms with van der Waals surface area (Å²) >= 11 is 0. The van der Waals surface area contributed by atoms with Gasteiger partial charge in [-0.15, -0.1) is 0 Å². The Morgan fingerprint density at radius 3 is 2.44 bits per heavy atom. The second-order valence-electron chi connectivity index (χ2n) is 4.21. The fourth-order valence-electron chi connectivity index (χ4n) is 1.56. The molecule has 0 heterocycles. The van der Waals surface area contributed by atoms with E-state index in [1.165, 1.54) is 19.1 Å². The van der Waals surface area contributed by atoms with Crippen molar-refractivity contribution in [2.45, 2.75) is 38.5 Å². The van der Waals surface area contributed by atoms with E-state index in [1.54, 1.807) is 18.2 Å². The molecule has 0 bridgehead atoms. The number of hydrogen-bond acceptors (Lipinski definition) is 3. The summed E-state index contributed by atoms with van der Waals surface area (Å²) < 4.78 is 12.1. The first-order chi connectivity index (χ1) is 7.42. The predicted octanol–water partition coefficient (Wildman–Crippen LogP) is 1.85. The van der Waals surface area contributed by atoms with Crippen LogP contribution in [0, 0.1) is 0 Å². The maximum atomic E-state index is 12.1. The van der Waals surface area contributed by atoms with Gasteiger partial charge in [-0.3, -0.25) is 0 Å². The molecule has 1 aromatic rings. The van der Waals surface area contributed by atoms with Gasteiger partial charge < -0.3 is 14.6 Å². The van der Waals surface area contributed by atoms with Crippen LogP contribution in [0.5, 0.6) is 0 Å². The van der Waals surface area contributed by atoms with Gasteiger partial charge in [0.25, 0.3) is 0 Å². The fraction of sp³-hybridized carbons (Fsp3) is 0.500. The molecule has 16 heavy (non-hydrogen) atoms. The summed E-state index contributed by atoms with van der Waals surface area (Å²) in [6.45, 7) is 3.35. The summed E-state index contributed by atoms with van der Waals surface area (Å²) in [4.78, 5) is 12.1. The smallest absolute Gasteiger partial charge is 0.106 e. The molecule has 0 aliphatic carbocycles. The first-order valence-corrected chi connectivity index (χ1v) is 7.13. The normalized spacial score (nSPS) is 18.8. The van der Waals surface area contributed by atoms with Crippen LogP contribution in [0.2, 0.25) is 0 Å². The van der Waals surface area contributed by atoms with E-state index in [2.05, 4.69) is 0 Å². The van der Waals surface area contributed by atoms with Crippen LogP contribution in [-0.4, -0.2) is 10.4 Å². The molecular formula is C12H18O3P-. The van der Waals surface area contributed by atoms with E-state index in [-0.39, 0.29) is 11.7 Å². The van der Waals surface area contributed by atoms with Crippen LogP contribution in [0.1, 0.15) is 33.1 Å². The molecule has 90 valence electrons. The quantitative estimate of drug-likeness (QED) is 0.800. The zero-order chi connectivity index (χ0) is 12.2. The number of aliphatic hydroxyl groups is 1. The lowest BCUT2D eigenvalue weighted by Crippen LogP contribution is -2.35. The Morgan fingerprint density at radius 2 is 1.94 bits per heavy atom. The van der Waals surface area contributed by atoms with Crippen LogP contribution in [0.4, 0.5) is 0 Å². The Kier molecular flexibility index (Phi) is 4.31. The molecule has 2 atom stereocenters. The third-order valence-electron chi connectivity index (χ3n) is 2.73. The van der Waals surface area contributed by atoms with Crippen molar-refractivity contribution >= 4 is 12.7 Å². The van der Waals surface area contributed by atoms with Gasteiger partial charge in [-0.2, -0.15) is 0 Å². The Morgan fingerprint density at radius 1 is 1.38 bits per heavy atom. The van der Waals surface area contributed by atoms with Crippen molar-refractivity contribution in [1.82, 2.24) is 0 Å². The van der Waals surface area contributed by atoms with Crippen LogP contribution in [0.3, 0.4) is 0 Å². The Labute approximate surface area is 96.6 Å². The maximum Gasteiger partial charge on any atom is 0.106 e. The number of benzene rings is 1. The van der Waals surface area contributed by atoms with Gasteiger partial charge >= 0.3 is 0 Å². The van der Waals surface area contributed by atoms with Gasteiger partial charge in [0.15, 0.2) is 0 Å². The van der Waals surface area contributed by atoms with E-state index >= 15 is 0 Å². The van der Waals surface area contributed by atoms with Crippen LogP contribution >= 0.6 is 7.37 Å². The molecule has 0 saturated heterocycles. The molecule has 0 aliphatic heterocycles. The molecule has 0 radical (unpaired) electrons. The van der Waals surface area contributed by atoms with E-state index in [1.807, 2.05) is 6.92 Å². The van der Waals surface area contributed by atoms with Crippen LogP contribution in [-0.2, 0) is 4.57 Å². The van der Waals surface area contributed by atoms with E-state index < -0.39 is 12.7 Å². The predicted molar refractivity (Wildman–Crippen MR) is 63.8 cm³/mol. The first kappa shape index (κ1) is 13.4. The minimum Gasteiger partial charge on any atom is -0.794 e. The van der Waals surface area contributed by atoms with Gasteiger partial charge in [0, 0.05) is 5.30 Å². The third kappa shape index (κ3) is 2.73. The second-order valence-corrected chi connectivity index (χ2v) is 6.79. The molecule has 2 unspecified atom stereocenters. The summed E-state index contributed by atoms with van der Waals surface area (Å²) in [6.07, 6.45) is 1.84. The highest BCUT2D eigenvalue weighted by Gasteiger charge is 2.33. The molecule has 4 heteroatoms. The molecule has 1 N–H and O–H groups in total. The molecule has 0 spiro atoms. The molecule has 0 saturated carbocycles. The average molecular weight is 241 g/mol. The summed E-state index contributed by atoms with van der Waals surface area (Å²) in [6, 6.07) is 8.12. The topological polar surface area (TPSA) is 60.4 Å². The molecule has 1 rings (SSSR count). The SMILES string of the molecule is CCCCC(C)(O)P(=O)([O-])c1ccccc1. The second kappa shape index (κ2) is 5.13. The van der Waals surface area contributed by atoms with E-state index in [0.717, 1.165) is 6.42 Å². The Balaban J connectivity index is 2.97. The van der Waals surface area contributed by atoms with Crippen LogP contribution in [0.25, 0.3) is 0 Å². The van der Waals surface area contributed by atoms with Gasteiger partial charge in [-0.1, -0.05) is 50.1 Å². The Bertz CT molecular complexity index is 373. The van der Waals surface area contributed by atoms with Gasteiger partial charge in [0.05, 0.1) is 7.37 Å². The van der Waals surface area contributed by atoms with Crippen molar-refractivity contribution in [3.63, 3.8) is 0 Å².